The van der Waals surface area contributed by atoms with E-state index in [1.807, 2.05) is 31.2 Å². The van der Waals surface area contributed by atoms with Crippen molar-refractivity contribution in [3.05, 3.63) is 114 Å². The van der Waals surface area contributed by atoms with Crippen LogP contribution in [-0.2, 0) is 16.6 Å². The number of nitrogens with zero attached hydrogens (tertiary/aromatic N) is 1. The fraction of sp³-hybridized carbons (Fsp3) is 0.242. The fourth-order valence-electron chi connectivity index (χ4n) is 5.09. The van der Waals surface area contributed by atoms with E-state index in [4.69, 9.17) is 4.74 Å². The molecule has 0 aliphatic carbocycles. The maximum atomic E-state index is 13.2. The lowest BCUT2D eigenvalue weighted by Crippen LogP contribution is -2.38. The van der Waals surface area contributed by atoms with Gasteiger partial charge in [0.2, 0.25) is 10.0 Å². The molecule has 4 aromatic rings. The monoisotopic (exact) mass is 602 g/mol. The van der Waals surface area contributed by atoms with Crippen molar-refractivity contribution in [2.45, 2.75) is 32.4 Å². The normalized spacial score (nSPS) is 14.2. The number of sulfonamides is 1. The van der Waals surface area contributed by atoms with Crippen LogP contribution in [0.5, 0.6) is 11.5 Å². The van der Waals surface area contributed by atoms with Crippen LogP contribution in [0, 0.1) is 12.7 Å². The van der Waals surface area contributed by atoms with Crippen molar-refractivity contribution in [2.24, 2.45) is 0 Å². The van der Waals surface area contributed by atoms with Crippen LogP contribution in [0.1, 0.15) is 34.3 Å². The zero-order valence-corrected chi connectivity index (χ0v) is 25.0. The lowest BCUT2D eigenvalue weighted by molar-refractivity contribution is 0.102. The first-order valence-electron chi connectivity index (χ1n) is 14.1. The Morgan fingerprint density at radius 3 is 2.12 bits per heavy atom. The van der Waals surface area contributed by atoms with Gasteiger partial charge in [-0.3, -0.25) is 14.4 Å². The van der Waals surface area contributed by atoms with Gasteiger partial charge in [-0.25, -0.2) is 12.8 Å². The van der Waals surface area contributed by atoms with Crippen LogP contribution >= 0.6 is 0 Å². The van der Waals surface area contributed by atoms with Crippen LogP contribution in [0.25, 0.3) is 0 Å². The second-order valence-electron chi connectivity index (χ2n) is 10.8. The van der Waals surface area contributed by atoms with Crippen molar-refractivity contribution in [3.8, 4) is 11.5 Å². The van der Waals surface area contributed by atoms with Crippen LogP contribution in [0.4, 0.5) is 21.5 Å². The summed E-state index contributed by atoms with van der Waals surface area (Å²) in [6.07, 6.45) is 3.08. The molecule has 0 spiro atoms. The van der Waals surface area contributed by atoms with E-state index in [9.17, 15) is 17.6 Å². The average molecular weight is 603 g/mol. The second kappa shape index (κ2) is 13.3. The minimum atomic E-state index is -3.32. The van der Waals surface area contributed by atoms with Gasteiger partial charge in [0.1, 0.15) is 17.3 Å². The molecule has 0 radical (unpaired) electrons. The highest BCUT2D eigenvalue weighted by atomic mass is 32.2. The molecule has 5 rings (SSSR count). The fourth-order valence-corrected chi connectivity index (χ4v) is 5.65. The summed E-state index contributed by atoms with van der Waals surface area (Å²) in [5, 5.41) is 6.48. The molecule has 1 aliphatic rings. The molecule has 0 aromatic heterocycles. The van der Waals surface area contributed by atoms with Gasteiger partial charge in [0.25, 0.3) is 5.91 Å². The third kappa shape index (κ3) is 8.56. The number of piperidine rings is 1. The maximum Gasteiger partial charge on any atom is 0.256 e. The van der Waals surface area contributed by atoms with Crippen molar-refractivity contribution in [3.63, 3.8) is 0 Å². The highest BCUT2D eigenvalue weighted by Gasteiger charge is 2.21. The van der Waals surface area contributed by atoms with Gasteiger partial charge in [-0.1, -0.05) is 18.2 Å². The first-order chi connectivity index (χ1) is 20.6. The number of amides is 1. The molecular weight excluding hydrogens is 567 g/mol. The van der Waals surface area contributed by atoms with Gasteiger partial charge < -0.3 is 15.4 Å². The van der Waals surface area contributed by atoms with Gasteiger partial charge in [0, 0.05) is 48.3 Å². The number of benzene rings is 4. The molecular formula is C33H35FN4O4S. The van der Waals surface area contributed by atoms with Gasteiger partial charge in [0.15, 0.2) is 0 Å². The van der Waals surface area contributed by atoms with E-state index in [1.54, 1.807) is 42.5 Å². The molecule has 4 aromatic carbocycles. The van der Waals surface area contributed by atoms with Crippen LogP contribution in [0.15, 0.2) is 91.0 Å². The summed E-state index contributed by atoms with van der Waals surface area (Å²) in [4.78, 5) is 15.3. The lowest BCUT2D eigenvalue weighted by atomic mass is 10.0. The van der Waals surface area contributed by atoms with Crippen LogP contribution in [-0.4, -0.2) is 44.6 Å². The minimum absolute atomic E-state index is 0.223. The Kier molecular flexibility index (Phi) is 9.27. The van der Waals surface area contributed by atoms with Crippen molar-refractivity contribution in [1.29, 1.82) is 0 Å². The SMILES string of the molecule is Cc1c(NC2CCN(Cc3ccc(Oc4ccc(NS(C)(=O)=O)cc4)cc3)CC2)cccc1C(=O)Nc1ccc(F)cc1. The van der Waals surface area contributed by atoms with E-state index in [2.05, 4.69) is 32.4 Å². The van der Waals surface area contributed by atoms with E-state index in [-0.39, 0.29) is 11.7 Å². The molecule has 1 heterocycles. The van der Waals surface area contributed by atoms with E-state index in [1.165, 1.54) is 17.7 Å². The van der Waals surface area contributed by atoms with Gasteiger partial charge in [0.05, 0.1) is 6.26 Å². The predicted octanol–water partition coefficient (Wildman–Crippen LogP) is 6.63. The molecule has 8 nitrogen and oxygen atoms in total. The van der Waals surface area contributed by atoms with Crippen LogP contribution in [0.3, 0.4) is 0 Å². The first-order valence-corrected chi connectivity index (χ1v) is 16.0. The lowest BCUT2D eigenvalue weighted by Gasteiger charge is -2.33. The topological polar surface area (TPSA) is 99.8 Å². The summed E-state index contributed by atoms with van der Waals surface area (Å²) < 4.78 is 44.3. The smallest absolute Gasteiger partial charge is 0.256 e. The van der Waals surface area contributed by atoms with E-state index in [0.717, 1.165) is 50.0 Å². The largest absolute Gasteiger partial charge is 0.457 e. The first kappa shape index (κ1) is 30.1. The summed E-state index contributed by atoms with van der Waals surface area (Å²) in [5.41, 5.74) is 4.64. The zero-order valence-electron chi connectivity index (χ0n) is 24.1. The zero-order chi connectivity index (χ0) is 30.4. The van der Waals surface area contributed by atoms with E-state index < -0.39 is 10.0 Å². The summed E-state index contributed by atoms with van der Waals surface area (Å²) in [6.45, 7) is 4.69. The standard InChI is InChI=1S/C33H35FN4O4S/c1-23-31(33(39)36-26-10-8-25(34)9-11-26)4-3-5-32(23)35-27-18-20-38(21-19-27)22-24-6-14-29(15-7-24)42-30-16-12-28(13-17-30)37-43(2,40)41/h3-17,27,35,37H,18-22H2,1-2H3,(H,36,39). The highest BCUT2D eigenvalue weighted by Crippen LogP contribution is 2.26. The molecule has 224 valence electrons. The molecule has 1 fully saturated rings. The number of carbonyl (C=O) groups is 1. The second-order valence-corrected chi connectivity index (χ2v) is 12.5. The average Bonchev–Trinajstić information content (AvgIpc) is 2.97. The molecule has 0 bridgehead atoms. The molecule has 0 saturated carbocycles. The Balaban J connectivity index is 1.10. The number of hydrogen-bond donors (Lipinski definition) is 3. The maximum absolute atomic E-state index is 13.2. The van der Waals surface area contributed by atoms with Gasteiger partial charge in [-0.15, -0.1) is 0 Å². The van der Waals surface area contributed by atoms with Crippen molar-refractivity contribution in [2.75, 3.05) is 34.7 Å². The number of halogens is 1. The molecule has 0 unspecified atom stereocenters. The van der Waals surface area contributed by atoms with Crippen molar-refractivity contribution >= 4 is 33.0 Å². The Bertz CT molecular complexity index is 1650. The number of rotatable bonds is 10. The van der Waals surface area contributed by atoms with Crippen molar-refractivity contribution < 1.29 is 22.3 Å². The Morgan fingerprint density at radius 1 is 0.884 bits per heavy atom. The molecule has 0 atom stereocenters. The van der Waals surface area contributed by atoms with Crippen molar-refractivity contribution in [1.82, 2.24) is 4.90 Å². The molecule has 1 amide bonds. The molecule has 10 heteroatoms. The highest BCUT2D eigenvalue weighted by molar-refractivity contribution is 7.92. The Morgan fingerprint density at radius 2 is 1.49 bits per heavy atom. The number of carbonyl (C=O) groups excluding carboxylic acids is 1. The third-order valence-corrected chi connectivity index (χ3v) is 7.96. The van der Waals surface area contributed by atoms with E-state index in [0.29, 0.717) is 34.5 Å². The minimum Gasteiger partial charge on any atom is -0.457 e. The third-order valence-electron chi connectivity index (χ3n) is 7.35. The molecule has 1 saturated heterocycles. The quantitative estimate of drug-likeness (QED) is 0.189. The summed E-state index contributed by atoms with van der Waals surface area (Å²) >= 11 is 0. The van der Waals surface area contributed by atoms with Gasteiger partial charge in [-0.05, 0) is 104 Å². The number of anilines is 3. The van der Waals surface area contributed by atoms with E-state index >= 15 is 0 Å². The predicted molar refractivity (Wildman–Crippen MR) is 169 cm³/mol. The Hall–Kier alpha value is -4.41. The summed E-state index contributed by atoms with van der Waals surface area (Å²) in [6, 6.07) is 26.5. The molecule has 1 aliphatic heterocycles. The number of hydrogen-bond acceptors (Lipinski definition) is 6. The van der Waals surface area contributed by atoms with Crippen LogP contribution in [0.2, 0.25) is 0 Å². The number of ether oxygens (including phenoxy) is 1. The summed E-state index contributed by atoms with van der Waals surface area (Å²) in [7, 11) is -3.32. The van der Waals surface area contributed by atoms with Gasteiger partial charge in [-0.2, -0.15) is 0 Å². The molecule has 3 N–H and O–H groups in total. The van der Waals surface area contributed by atoms with Crippen LogP contribution < -0.4 is 20.1 Å². The Labute approximate surface area is 251 Å². The number of likely N-dealkylation sites (tertiary alicyclic amines) is 1. The number of nitrogens with one attached hydrogen (secondary N) is 3. The van der Waals surface area contributed by atoms with Gasteiger partial charge >= 0.3 is 0 Å². The summed E-state index contributed by atoms with van der Waals surface area (Å²) in [5.74, 6) is 0.760. The molecule has 43 heavy (non-hydrogen) atoms.